The molecule has 0 radical (unpaired) electrons. The van der Waals surface area contributed by atoms with E-state index >= 15 is 0 Å². The number of nitrogens with one attached hydrogen (secondary N) is 2. The lowest BCUT2D eigenvalue weighted by molar-refractivity contribution is 0.628. The molecule has 0 aliphatic carbocycles. The van der Waals surface area contributed by atoms with Gasteiger partial charge in [-0.15, -0.1) is 12.4 Å². The summed E-state index contributed by atoms with van der Waals surface area (Å²) in [6, 6.07) is 7.22. The summed E-state index contributed by atoms with van der Waals surface area (Å²) < 4.78 is 13.9. The molecule has 2 heterocycles. The first-order valence-corrected chi connectivity index (χ1v) is 5.85. The second-order valence-electron chi connectivity index (χ2n) is 4.33. The quantitative estimate of drug-likeness (QED) is 0.878. The van der Waals surface area contributed by atoms with Gasteiger partial charge in [0.15, 0.2) is 0 Å². The molecule has 18 heavy (non-hydrogen) atoms. The van der Waals surface area contributed by atoms with Gasteiger partial charge in [0.1, 0.15) is 5.82 Å². The number of hydrogen-bond acceptors (Lipinski definition) is 3. The van der Waals surface area contributed by atoms with Crippen LogP contribution in [-0.4, -0.2) is 24.1 Å². The first-order chi connectivity index (χ1) is 8.34. The van der Waals surface area contributed by atoms with Crippen LogP contribution in [0.3, 0.4) is 0 Å². The highest BCUT2D eigenvalue weighted by Gasteiger charge is 2.17. The molecular weight excluding hydrogens is 253 g/mol. The Bertz CT molecular complexity index is 541. The van der Waals surface area contributed by atoms with Gasteiger partial charge in [0.05, 0.1) is 11.2 Å². The minimum absolute atomic E-state index is 0. The van der Waals surface area contributed by atoms with Crippen molar-refractivity contribution in [2.24, 2.45) is 0 Å². The smallest absolute Gasteiger partial charge is 0.147 e. The van der Waals surface area contributed by atoms with E-state index in [0.29, 0.717) is 11.7 Å². The summed E-state index contributed by atoms with van der Waals surface area (Å²) >= 11 is 0. The van der Waals surface area contributed by atoms with Gasteiger partial charge in [-0.2, -0.15) is 0 Å². The minimum Gasteiger partial charge on any atom is -0.378 e. The summed E-state index contributed by atoms with van der Waals surface area (Å²) in [7, 11) is 0. The van der Waals surface area contributed by atoms with Gasteiger partial charge < -0.3 is 10.6 Å². The van der Waals surface area contributed by atoms with Gasteiger partial charge in [0.25, 0.3) is 0 Å². The maximum Gasteiger partial charge on any atom is 0.147 e. The van der Waals surface area contributed by atoms with Crippen molar-refractivity contribution in [2.45, 2.75) is 12.5 Å². The van der Waals surface area contributed by atoms with Crippen LogP contribution in [0.15, 0.2) is 30.5 Å². The number of hydrogen-bond donors (Lipinski definition) is 2. The van der Waals surface area contributed by atoms with E-state index in [9.17, 15) is 4.39 Å². The van der Waals surface area contributed by atoms with Gasteiger partial charge >= 0.3 is 0 Å². The van der Waals surface area contributed by atoms with Crippen LogP contribution in [0.2, 0.25) is 0 Å². The van der Waals surface area contributed by atoms with Gasteiger partial charge in [-0.25, -0.2) is 4.39 Å². The summed E-state index contributed by atoms with van der Waals surface area (Å²) in [4.78, 5) is 4.24. The fourth-order valence-electron chi connectivity index (χ4n) is 2.25. The zero-order valence-electron chi connectivity index (χ0n) is 9.82. The van der Waals surface area contributed by atoms with Crippen molar-refractivity contribution >= 4 is 29.0 Å². The van der Waals surface area contributed by atoms with Crippen LogP contribution in [0.4, 0.5) is 10.1 Å². The molecule has 1 atom stereocenters. The summed E-state index contributed by atoms with van der Waals surface area (Å²) in [5, 5.41) is 7.38. The third-order valence-electron chi connectivity index (χ3n) is 3.14. The summed E-state index contributed by atoms with van der Waals surface area (Å²) in [5.74, 6) is -0.211. The van der Waals surface area contributed by atoms with E-state index in [-0.39, 0.29) is 18.2 Å². The molecule has 2 aromatic rings. The molecule has 0 bridgehead atoms. The molecule has 0 saturated carbocycles. The van der Waals surface area contributed by atoms with E-state index in [1.54, 1.807) is 12.3 Å². The monoisotopic (exact) mass is 267 g/mol. The number of benzene rings is 1. The lowest BCUT2D eigenvalue weighted by Gasteiger charge is -2.15. The molecule has 3 nitrogen and oxygen atoms in total. The molecule has 1 aliphatic heterocycles. The van der Waals surface area contributed by atoms with Crippen LogP contribution in [-0.2, 0) is 0 Å². The Morgan fingerprint density at radius 1 is 1.33 bits per heavy atom. The maximum absolute atomic E-state index is 13.9. The predicted octanol–water partition coefficient (Wildman–Crippen LogP) is 2.57. The number of nitrogens with zero attached hydrogens (tertiary/aromatic N) is 1. The van der Waals surface area contributed by atoms with Gasteiger partial charge in [0.2, 0.25) is 0 Å². The molecule has 1 fully saturated rings. The topological polar surface area (TPSA) is 37.0 Å². The van der Waals surface area contributed by atoms with Crippen molar-refractivity contribution < 1.29 is 4.39 Å². The zero-order valence-corrected chi connectivity index (χ0v) is 10.6. The molecule has 1 aromatic heterocycles. The van der Waals surface area contributed by atoms with Crippen molar-refractivity contribution in [3.8, 4) is 0 Å². The van der Waals surface area contributed by atoms with E-state index in [1.165, 1.54) is 6.07 Å². The molecule has 0 amide bonds. The fraction of sp³-hybridized carbons (Fsp3) is 0.308. The minimum atomic E-state index is -0.211. The van der Waals surface area contributed by atoms with E-state index in [4.69, 9.17) is 0 Å². The number of pyridine rings is 1. The van der Waals surface area contributed by atoms with Crippen molar-refractivity contribution in [1.29, 1.82) is 0 Å². The maximum atomic E-state index is 13.9. The van der Waals surface area contributed by atoms with Crippen molar-refractivity contribution in [2.75, 3.05) is 18.4 Å². The molecule has 96 valence electrons. The lowest BCUT2D eigenvalue weighted by atomic mass is 10.1. The molecule has 1 saturated heterocycles. The molecule has 1 aliphatic rings. The van der Waals surface area contributed by atoms with E-state index in [0.717, 1.165) is 30.4 Å². The first-order valence-electron chi connectivity index (χ1n) is 5.85. The summed E-state index contributed by atoms with van der Waals surface area (Å²) in [5.41, 5.74) is 1.40. The Labute approximate surface area is 111 Å². The Balaban J connectivity index is 0.00000120. The largest absolute Gasteiger partial charge is 0.378 e. The van der Waals surface area contributed by atoms with Crippen molar-refractivity contribution in [3.05, 3.63) is 36.3 Å². The highest BCUT2D eigenvalue weighted by Crippen LogP contribution is 2.26. The summed E-state index contributed by atoms with van der Waals surface area (Å²) in [6.07, 6.45) is 2.75. The number of halogens is 2. The predicted molar refractivity (Wildman–Crippen MR) is 73.8 cm³/mol. The molecule has 2 N–H and O–H groups in total. The van der Waals surface area contributed by atoms with Crippen LogP contribution in [0.5, 0.6) is 0 Å². The third kappa shape index (κ3) is 2.40. The average Bonchev–Trinajstić information content (AvgIpc) is 2.86. The highest BCUT2D eigenvalue weighted by atomic mass is 35.5. The van der Waals surface area contributed by atoms with Crippen LogP contribution in [0.25, 0.3) is 10.9 Å². The number of anilines is 1. The van der Waals surface area contributed by atoms with E-state index in [2.05, 4.69) is 15.6 Å². The molecule has 0 unspecified atom stereocenters. The first kappa shape index (κ1) is 13.1. The Morgan fingerprint density at radius 2 is 2.22 bits per heavy atom. The average molecular weight is 268 g/mol. The Morgan fingerprint density at radius 3 is 3.00 bits per heavy atom. The van der Waals surface area contributed by atoms with Crippen molar-refractivity contribution in [3.63, 3.8) is 0 Å². The number of rotatable bonds is 2. The van der Waals surface area contributed by atoms with Gasteiger partial charge in [-0.1, -0.05) is 0 Å². The lowest BCUT2D eigenvalue weighted by Crippen LogP contribution is -2.22. The third-order valence-corrected chi connectivity index (χ3v) is 3.14. The molecule has 5 heteroatoms. The number of fused-ring (bicyclic) bond motifs is 1. The van der Waals surface area contributed by atoms with E-state index in [1.807, 2.05) is 12.1 Å². The van der Waals surface area contributed by atoms with Crippen molar-refractivity contribution in [1.82, 2.24) is 10.3 Å². The van der Waals surface area contributed by atoms with Gasteiger partial charge in [-0.05, 0) is 37.2 Å². The highest BCUT2D eigenvalue weighted by molar-refractivity contribution is 5.91. The summed E-state index contributed by atoms with van der Waals surface area (Å²) in [6.45, 7) is 1.87. The van der Waals surface area contributed by atoms with Crippen LogP contribution in [0.1, 0.15) is 6.42 Å². The Hall–Kier alpha value is -1.39. The zero-order chi connectivity index (χ0) is 11.7. The fourth-order valence-corrected chi connectivity index (χ4v) is 2.25. The van der Waals surface area contributed by atoms with Gasteiger partial charge in [0, 0.05) is 24.2 Å². The number of aromatic nitrogens is 1. The SMILES string of the molecule is Cl.Fc1ccc2ncccc2c1N[C@@H]1CCNC1. The molecular formula is C13H15ClFN3. The normalized spacial score (nSPS) is 18.6. The second-order valence-corrected chi connectivity index (χ2v) is 4.33. The molecule has 1 aromatic carbocycles. The Kier molecular flexibility index (Phi) is 3.99. The van der Waals surface area contributed by atoms with Gasteiger partial charge in [-0.3, -0.25) is 4.98 Å². The van der Waals surface area contributed by atoms with Crippen LogP contribution < -0.4 is 10.6 Å². The van der Waals surface area contributed by atoms with Crippen LogP contribution in [0, 0.1) is 5.82 Å². The van der Waals surface area contributed by atoms with Crippen LogP contribution >= 0.6 is 12.4 Å². The molecule has 3 rings (SSSR count). The molecule has 0 spiro atoms. The van der Waals surface area contributed by atoms with E-state index < -0.39 is 0 Å². The standard InChI is InChI=1S/C13H14FN3.ClH/c14-11-3-4-12-10(2-1-6-16-12)13(11)17-9-5-7-15-8-9;/h1-4,6,9,15,17H,5,7-8H2;1H/t9-;/m1./s1. The second kappa shape index (κ2) is 5.50.